The molecular formula is C23H25N5O2. The lowest BCUT2D eigenvalue weighted by Gasteiger charge is -2.14. The van der Waals surface area contributed by atoms with Gasteiger partial charge in [0.15, 0.2) is 5.78 Å². The van der Waals surface area contributed by atoms with Gasteiger partial charge in [-0.2, -0.15) is 0 Å². The maximum Gasteiger partial charge on any atom is 0.239 e. The highest BCUT2D eigenvalue weighted by molar-refractivity contribution is 6.07. The van der Waals surface area contributed by atoms with E-state index in [1.807, 2.05) is 56.6 Å². The summed E-state index contributed by atoms with van der Waals surface area (Å²) in [4.78, 5) is 34.4. The summed E-state index contributed by atoms with van der Waals surface area (Å²) in [6.45, 7) is 0.276. The van der Waals surface area contributed by atoms with Crippen molar-refractivity contribution in [2.24, 2.45) is 0 Å². The quantitative estimate of drug-likeness (QED) is 0.582. The number of hydrogen-bond donors (Lipinski definition) is 3. The lowest BCUT2D eigenvalue weighted by atomic mass is 9.95. The number of hydrogen-bond acceptors (Lipinski definition) is 5. The van der Waals surface area contributed by atoms with E-state index < -0.39 is 0 Å². The first-order chi connectivity index (χ1) is 14.5. The largest absolute Gasteiger partial charge is 0.356 e. The minimum atomic E-state index is -0.131. The van der Waals surface area contributed by atoms with Crippen molar-refractivity contribution in [3.8, 4) is 11.3 Å². The third kappa shape index (κ3) is 4.26. The van der Waals surface area contributed by atoms with Crippen molar-refractivity contribution in [1.82, 2.24) is 14.9 Å². The summed E-state index contributed by atoms with van der Waals surface area (Å²) in [5.41, 5.74) is 5.05. The number of anilines is 3. The number of aromatic nitrogens is 2. The predicted molar refractivity (Wildman–Crippen MR) is 118 cm³/mol. The van der Waals surface area contributed by atoms with E-state index in [0.29, 0.717) is 12.2 Å². The smallest absolute Gasteiger partial charge is 0.239 e. The Morgan fingerprint density at radius 1 is 1.17 bits per heavy atom. The van der Waals surface area contributed by atoms with E-state index in [1.54, 1.807) is 11.1 Å². The molecule has 0 saturated heterocycles. The molecule has 0 saturated carbocycles. The van der Waals surface area contributed by atoms with Crippen LogP contribution in [-0.2, 0) is 11.2 Å². The summed E-state index contributed by atoms with van der Waals surface area (Å²) in [5, 5.41) is 6.26. The van der Waals surface area contributed by atoms with Crippen LogP contribution in [0, 0.1) is 0 Å². The number of benzene rings is 1. The Labute approximate surface area is 175 Å². The first kappa shape index (κ1) is 19.8. The Bertz CT molecular complexity index is 1070. The van der Waals surface area contributed by atoms with Gasteiger partial charge in [0.2, 0.25) is 5.91 Å². The van der Waals surface area contributed by atoms with Crippen LogP contribution in [0.5, 0.6) is 0 Å². The molecule has 4 rings (SSSR count). The Morgan fingerprint density at radius 3 is 2.73 bits per heavy atom. The summed E-state index contributed by atoms with van der Waals surface area (Å²) < 4.78 is 0. The fourth-order valence-corrected chi connectivity index (χ4v) is 3.73. The van der Waals surface area contributed by atoms with Crippen LogP contribution in [0.15, 0.2) is 48.7 Å². The fourth-order valence-electron chi connectivity index (χ4n) is 3.73. The summed E-state index contributed by atoms with van der Waals surface area (Å²) in [5.74, 6) is 0.489. The van der Waals surface area contributed by atoms with Crippen LogP contribution in [-0.4, -0.2) is 47.2 Å². The highest BCUT2D eigenvalue weighted by atomic mass is 16.2. The molecule has 0 radical (unpaired) electrons. The molecule has 1 amide bonds. The number of nitrogens with one attached hydrogen (secondary N) is 3. The standard InChI is InChI=1S/C23H25N5O2/c1-28(2)14-20(30)27-19-13-15(11-12-24-19)22-23(25-16-7-4-3-5-8-16)21-17(26-22)9-6-10-18(21)29/h3-5,7-8,11-13,25-26H,6,9-10,14H2,1-2H3,(H,24,27,30). The van der Waals surface area contributed by atoms with Gasteiger partial charge in [0, 0.05) is 29.6 Å². The zero-order valence-electron chi connectivity index (χ0n) is 17.2. The molecule has 1 aromatic carbocycles. The number of carbonyl (C=O) groups excluding carboxylic acids is 2. The second-order valence-corrected chi connectivity index (χ2v) is 7.71. The molecule has 7 nitrogen and oxygen atoms in total. The molecule has 2 heterocycles. The third-order valence-electron chi connectivity index (χ3n) is 5.01. The Kier molecular flexibility index (Phi) is 5.63. The van der Waals surface area contributed by atoms with Gasteiger partial charge in [-0.25, -0.2) is 4.98 Å². The van der Waals surface area contributed by atoms with Gasteiger partial charge < -0.3 is 20.5 Å². The maximum absolute atomic E-state index is 12.7. The second kappa shape index (κ2) is 8.51. The highest BCUT2D eigenvalue weighted by Gasteiger charge is 2.27. The number of aromatic amines is 1. The van der Waals surface area contributed by atoms with E-state index in [-0.39, 0.29) is 18.2 Å². The van der Waals surface area contributed by atoms with E-state index in [4.69, 9.17) is 0 Å². The van der Waals surface area contributed by atoms with Crippen molar-refractivity contribution in [2.45, 2.75) is 19.3 Å². The molecule has 2 aromatic heterocycles. The van der Waals surface area contributed by atoms with Crippen LogP contribution in [0.2, 0.25) is 0 Å². The molecule has 0 fully saturated rings. The minimum Gasteiger partial charge on any atom is -0.356 e. The van der Waals surface area contributed by atoms with Gasteiger partial charge in [0.1, 0.15) is 5.82 Å². The number of carbonyl (C=O) groups is 2. The highest BCUT2D eigenvalue weighted by Crippen LogP contribution is 2.39. The molecule has 1 aliphatic rings. The Morgan fingerprint density at radius 2 is 1.97 bits per heavy atom. The fraction of sp³-hybridized carbons (Fsp3) is 0.261. The molecule has 0 bridgehead atoms. The molecule has 3 aromatic rings. The summed E-state index contributed by atoms with van der Waals surface area (Å²) >= 11 is 0. The first-order valence-corrected chi connectivity index (χ1v) is 10.0. The third-order valence-corrected chi connectivity index (χ3v) is 5.01. The number of Topliss-reactive ketones (excluding diaryl/α,β-unsaturated/α-hetero) is 1. The Balaban J connectivity index is 1.73. The van der Waals surface area contributed by atoms with Crippen LogP contribution in [0.3, 0.4) is 0 Å². The lowest BCUT2D eigenvalue weighted by molar-refractivity contribution is -0.116. The van der Waals surface area contributed by atoms with E-state index in [9.17, 15) is 9.59 Å². The van der Waals surface area contributed by atoms with Crippen LogP contribution in [0.25, 0.3) is 11.3 Å². The van der Waals surface area contributed by atoms with Gasteiger partial charge in [-0.1, -0.05) is 18.2 Å². The monoisotopic (exact) mass is 403 g/mol. The van der Waals surface area contributed by atoms with Crippen LogP contribution < -0.4 is 10.6 Å². The maximum atomic E-state index is 12.7. The molecule has 30 heavy (non-hydrogen) atoms. The topological polar surface area (TPSA) is 90.1 Å². The number of ketones is 1. The lowest BCUT2D eigenvalue weighted by Crippen LogP contribution is -2.27. The van der Waals surface area contributed by atoms with Crippen molar-refractivity contribution < 1.29 is 9.59 Å². The molecule has 3 N–H and O–H groups in total. The average molecular weight is 403 g/mol. The Hall–Kier alpha value is -3.45. The van der Waals surface area contributed by atoms with E-state index in [0.717, 1.165) is 46.7 Å². The number of likely N-dealkylation sites (N-methyl/N-ethyl adjacent to an activating group) is 1. The van der Waals surface area contributed by atoms with Crippen LogP contribution in [0.4, 0.5) is 17.2 Å². The number of amides is 1. The summed E-state index contributed by atoms with van der Waals surface area (Å²) in [7, 11) is 3.68. The van der Waals surface area contributed by atoms with E-state index >= 15 is 0 Å². The minimum absolute atomic E-state index is 0.131. The SMILES string of the molecule is CN(C)CC(=O)Nc1cc(-c2[nH]c3c(c2Nc2ccccc2)C(=O)CCC3)ccn1. The molecular weight excluding hydrogens is 378 g/mol. The van der Waals surface area contributed by atoms with Crippen molar-refractivity contribution in [1.29, 1.82) is 0 Å². The first-order valence-electron chi connectivity index (χ1n) is 10.0. The predicted octanol–water partition coefficient (Wildman–Crippen LogP) is 3.84. The average Bonchev–Trinajstić information content (AvgIpc) is 3.08. The summed E-state index contributed by atoms with van der Waals surface area (Å²) in [6, 6.07) is 13.5. The molecule has 1 aliphatic carbocycles. The van der Waals surface area contributed by atoms with Crippen molar-refractivity contribution in [3.63, 3.8) is 0 Å². The molecule has 0 aliphatic heterocycles. The number of pyridine rings is 1. The van der Waals surface area contributed by atoms with Gasteiger partial charge in [-0.3, -0.25) is 9.59 Å². The number of nitrogens with zero attached hydrogens (tertiary/aromatic N) is 2. The number of rotatable bonds is 6. The van der Waals surface area contributed by atoms with Crippen LogP contribution in [0.1, 0.15) is 28.9 Å². The van der Waals surface area contributed by atoms with Gasteiger partial charge in [0.05, 0.1) is 23.5 Å². The normalized spacial score (nSPS) is 13.2. The molecule has 0 spiro atoms. The number of fused-ring (bicyclic) bond motifs is 1. The zero-order chi connectivity index (χ0) is 21.1. The van der Waals surface area contributed by atoms with Crippen molar-refractivity contribution in [3.05, 3.63) is 59.9 Å². The van der Waals surface area contributed by atoms with Crippen LogP contribution >= 0.6 is 0 Å². The number of para-hydroxylation sites is 1. The van der Waals surface area contributed by atoms with E-state index in [2.05, 4.69) is 20.6 Å². The van der Waals surface area contributed by atoms with Gasteiger partial charge in [0.25, 0.3) is 0 Å². The second-order valence-electron chi connectivity index (χ2n) is 7.71. The summed E-state index contributed by atoms with van der Waals surface area (Å²) in [6.07, 6.45) is 3.89. The van der Waals surface area contributed by atoms with Crippen molar-refractivity contribution in [2.75, 3.05) is 31.3 Å². The number of H-pyrrole nitrogens is 1. The molecule has 154 valence electrons. The van der Waals surface area contributed by atoms with Gasteiger partial charge >= 0.3 is 0 Å². The van der Waals surface area contributed by atoms with Crippen molar-refractivity contribution >= 4 is 28.9 Å². The molecule has 0 unspecified atom stereocenters. The molecule has 7 heteroatoms. The van der Waals surface area contributed by atoms with Gasteiger partial charge in [-0.05, 0) is 51.2 Å². The zero-order valence-corrected chi connectivity index (χ0v) is 17.2. The van der Waals surface area contributed by atoms with E-state index in [1.165, 1.54) is 0 Å². The van der Waals surface area contributed by atoms with Gasteiger partial charge in [-0.15, -0.1) is 0 Å². The molecule has 0 atom stereocenters. The number of aryl methyl sites for hydroxylation is 1.